The standard InChI is InChI=1S/C40H54N4O2/c1-6-21-44(39-35-18-14-28(2)22-33(35)16-17-34-23-29(3)24-42-38(34)39)27-36(40(46)43(5)26-32-13-10-20-41-25-32)30(4)37(45)19-15-31-11-8-7-9-12-31/h10,13-14,18,20,22-25,30-31,36,39H,6-9,11-12,15-17,19,21,26-27H2,1-5H3. The lowest BCUT2D eigenvalue weighted by Crippen LogP contribution is -2.46. The van der Waals surface area contributed by atoms with Gasteiger partial charge in [-0.3, -0.25) is 24.5 Å². The summed E-state index contributed by atoms with van der Waals surface area (Å²) in [6.45, 7) is 10.3. The highest BCUT2D eigenvalue weighted by molar-refractivity contribution is 5.88. The van der Waals surface area contributed by atoms with Crippen LogP contribution in [0.1, 0.15) is 110 Å². The molecule has 0 aliphatic heterocycles. The van der Waals surface area contributed by atoms with E-state index in [1.54, 1.807) is 11.1 Å². The Balaban J connectivity index is 1.49. The zero-order valence-electron chi connectivity index (χ0n) is 28.8. The van der Waals surface area contributed by atoms with Gasteiger partial charge in [0.15, 0.2) is 0 Å². The molecule has 2 aliphatic carbocycles. The van der Waals surface area contributed by atoms with Crippen molar-refractivity contribution in [1.82, 2.24) is 19.8 Å². The van der Waals surface area contributed by atoms with Crippen molar-refractivity contribution >= 4 is 11.7 Å². The number of amides is 1. The minimum absolute atomic E-state index is 0.0262. The first-order chi connectivity index (χ1) is 22.2. The maximum absolute atomic E-state index is 14.5. The fraction of sp³-hybridized carbons (Fsp3) is 0.550. The van der Waals surface area contributed by atoms with Gasteiger partial charge in [0.1, 0.15) is 5.78 Å². The number of carbonyl (C=O) groups excluding carboxylic acids is 2. The van der Waals surface area contributed by atoms with Gasteiger partial charge >= 0.3 is 0 Å². The maximum atomic E-state index is 14.5. The second-order valence-corrected chi connectivity index (χ2v) is 14.1. The predicted molar refractivity (Wildman–Crippen MR) is 185 cm³/mol. The molecule has 46 heavy (non-hydrogen) atoms. The third kappa shape index (κ3) is 8.31. The number of benzene rings is 1. The van der Waals surface area contributed by atoms with Crippen molar-refractivity contribution in [3.63, 3.8) is 0 Å². The summed E-state index contributed by atoms with van der Waals surface area (Å²) in [5.74, 6) is 0.0546. The summed E-state index contributed by atoms with van der Waals surface area (Å²) >= 11 is 0. The zero-order chi connectivity index (χ0) is 32.6. The number of rotatable bonds is 13. The summed E-state index contributed by atoms with van der Waals surface area (Å²) in [5, 5.41) is 0. The highest BCUT2D eigenvalue weighted by Crippen LogP contribution is 2.38. The Kier molecular flexibility index (Phi) is 11.8. The summed E-state index contributed by atoms with van der Waals surface area (Å²) in [7, 11) is 1.87. The SMILES string of the molecule is CCCN(CC(C(=O)N(C)Cc1cccnc1)C(C)C(=O)CCC1CCCCC1)C1c2ccc(C)cc2CCc2cc(C)cnc21. The van der Waals surface area contributed by atoms with Crippen LogP contribution in [0.3, 0.4) is 0 Å². The lowest BCUT2D eigenvalue weighted by Gasteiger charge is -2.37. The first-order valence-corrected chi connectivity index (χ1v) is 17.7. The Labute approximate surface area is 277 Å². The average Bonchev–Trinajstić information content (AvgIpc) is 3.22. The number of ketones is 1. The van der Waals surface area contributed by atoms with Crippen molar-refractivity contribution in [3.05, 3.63) is 94.1 Å². The fourth-order valence-corrected chi connectivity index (χ4v) is 7.81. The summed E-state index contributed by atoms with van der Waals surface area (Å²) in [4.78, 5) is 42.0. The molecule has 3 atom stereocenters. The van der Waals surface area contributed by atoms with Gasteiger partial charge in [0, 0.05) is 51.1 Å². The van der Waals surface area contributed by atoms with Crippen LogP contribution in [0, 0.1) is 31.6 Å². The summed E-state index contributed by atoms with van der Waals surface area (Å²) in [6.07, 6.45) is 16.2. The van der Waals surface area contributed by atoms with Gasteiger partial charge in [-0.15, -0.1) is 0 Å². The molecule has 0 bridgehead atoms. The topological polar surface area (TPSA) is 66.4 Å². The number of hydrogen-bond donors (Lipinski definition) is 0. The molecule has 0 N–H and O–H groups in total. The van der Waals surface area contributed by atoms with Crippen molar-refractivity contribution in [1.29, 1.82) is 0 Å². The van der Waals surface area contributed by atoms with E-state index in [2.05, 4.69) is 54.9 Å². The average molecular weight is 623 g/mol. The van der Waals surface area contributed by atoms with Gasteiger partial charge in [0.25, 0.3) is 0 Å². The van der Waals surface area contributed by atoms with Crippen molar-refractivity contribution in [3.8, 4) is 0 Å². The van der Waals surface area contributed by atoms with E-state index in [4.69, 9.17) is 4.98 Å². The lowest BCUT2D eigenvalue weighted by molar-refractivity contribution is -0.141. The first-order valence-electron chi connectivity index (χ1n) is 17.7. The number of aromatic nitrogens is 2. The van der Waals surface area contributed by atoms with Crippen LogP contribution in [0.2, 0.25) is 0 Å². The number of fused-ring (bicyclic) bond motifs is 2. The summed E-state index contributed by atoms with van der Waals surface area (Å²) in [5.41, 5.74) is 8.43. The van der Waals surface area contributed by atoms with E-state index < -0.39 is 5.92 Å². The van der Waals surface area contributed by atoms with Crippen LogP contribution in [-0.2, 0) is 29.0 Å². The van der Waals surface area contributed by atoms with Crippen LogP contribution < -0.4 is 0 Å². The predicted octanol–water partition coefficient (Wildman–Crippen LogP) is 7.83. The Morgan fingerprint density at radius 2 is 1.74 bits per heavy atom. The minimum atomic E-state index is -0.460. The molecule has 5 rings (SSSR count). The minimum Gasteiger partial charge on any atom is -0.341 e. The molecule has 0 radical (unpaired) electrons. The number of pyridine rings is 2. The molecular formula is C40H54N4O2. The summed E-state index contributed by atoms with van der Waals surface area (Å²) < 4.78 is 0. The van der Waals surface area contributed by atoms with Crippen LogP contribution >= 0.6 is 0 Å². The Morgan fingerprint density at radius 3 is 2.48 bits per heavy atom. The number of Topliss-reactive ketones (excluding diaryl/α,β-unsaturated/α-hetero) is 1. The monoisotopic (exact) mass is 622 g/mol. The van der Waals surface area contributed by atoms with Crippen LogP contribution in [-0.4, -0.2) is 51.6 Å². The van der Waals surface area contributed by atoms with E-state index in [1.165, 1.54) is 59.9 Å². The molecule has 3 aromatic rings. The van der Waals surface area contributed by atoms with E-state index in [-0.39, 0.29) is 23.7 Å². The molecule has 1 saturated carbocycles. The second-order valence-electron chi connectivity index (χ2n) is 14.1. The van der Waals surface area contributed by atoms with Crippen LogP contribution in [0.25, 0.3) is 0 Å². The van der Waals surface area contributed by atoms with E-state index >= 15 is 0 Å². The Morgan fingerprint density at radius 1 is 0.978 bits per heavy atom. The summed E-state index contributed by atoms with van der Waals surface area (Å²) in [6, 6.07) is 12.9. The Hall–Kier alpha value is -3.38. The normalized spacial score (nSPS) is 17.9. The number of hydrogen-bond acceptors (Lipinski definition) is 5. The van der Waals surface area contributed by atoms with Crippen molar-refractivity contribution in [2.45, 2.75) is 104 Å². The first kappa shape index (κ1) is 34.0. The molecule has 1 amide bonds. The van der Waals surface area contributed by atoms with Crippen LogP contribution in [0.4, 0.5) is 0 Å². The van der Waals surface area contributed by atoms with Gasteiger partial charge in [0.2, 0.25) is 5.91 Å². The number of aryl methyl sites for hydroxylation is 4. The van der Waals surface area contributed by atoms with Gasteiger partial charge in [-0.05, 0) is 85.9 Å². The van der Waals surface area contributed by atoms with Crippen molar-refractivity contribution in [2.24, 2.45) is 17.8 Å². The van der Waals surface area contributed by atoms with Crippen LogP contribution in [0.5, 0.6) is 0 Å². The zero-order valence-corrected chi connectivity index (χ0v) is 28.8. The molecule has 6 nitrogen and oxygen atoms in total. The van der Waals surface area contributed by atoms with E-state index in [0.717, 1.165) is 43.5 Å². The maximum Gasteiger partial charge on any atom is 0.227 e. The van der Waals surface area contributed by atoms with Crippen molar-refractivity contribution in [2.75, 3.05) is 20.1 Å². The highest BCUT2D eigenvalue weighted by Gasteiger charge is 2.38. The van der Waals surface area contributed by atoms with Crippen LogP contribution in [0.15, 0.2) is 55.0 Å². The molecule has 6 heteroatoms. The number of carbonyl (C=O) groups is 2. The molecule has 1 fully saturated rings. The van der Waals surface area contributed by atoms with E-state index in [0.29, 0.717) is 25.4 Å². The molecule has 2 heterocycles. The molecule has 3 unspecified atom stereocenters. The van der Waals surface area contributed by atoms with Gasteiger partial charge in [0.05, 0.1) is 17.7 Å². The molecule has 0 saturated heterocycles. The molecule has 2 aromatic heterocycles. The fourth-order valence-electron chi connectivity index (χ4n) is 7.81. The van der Waals surface area contributed by atoms with Gasteiger partial charge in [-0.1, -0.05) is 81.8 Å². The molecule has 246 valence electrons. The van der Waals surface area contributed by atoms with E-state index in [9.17, 15) is 9.59 Å². The Bertz CT molecular complexity index is 1410. The largest absolute Gasteiger partial charge is 0.341 e. The highest BCUT2D eigenvalue weighted by atomic mass is 16.2. The van der Waals surface area contributed by atoms with Crippen molar-refractivity contribution < 1.29 is 9.59 Å². The molecule has 0 spiro atoms. The van der Waals surface area contributed by atoms with E-state index in [1.807, 2.05) is 38.5 Å². The molecule has 2 aliphatic rings. The lowest BCUT2D eigenvalue weighted by atomic mass is 9.81. The molecular weight excluding hydrogens is 568 g/mol. The third-order valence-electron chi connectivity index (χ3n) is 10.4. The second kappa shape index (κ2) is 15.9. The molecule has 1 aromatic carbocycles. The van der Waals surface area contributed by atoms with Gasteiger partial charge < -0.3 is 4.90 Å². The number of nitrogens with zero attached hydrogens (tertiary/aromatic N) is 4. The smallest absolute Gasteiger partial charge is 0.227 e. The quantitative estimate of drug-likeness (QED) is 0.194. The third-order valence-corrected chi connectivity index (χ3v) is 10.4. The van der Waals surface area contributed by atoms with Gasteiger partial charge in [-0.2, -0.15) is 0 Å². The van der Waals surface area contributed by atoms with Gasteiger partial charge in [-0.25, -0.2) is 0 Å².